The van der Waals surface area contributed by atoms with E-state index in [1.165, 1.54) is 14.9 Å². The first-order valence-electron chi connectivity index (χ1n) is 34.4. The number of nitrogens with zero attached hydrogens (tertiary/aromatic N) is 5. The summed E-state index contributed by atoms with van der Waals surface area (Å²) in [7, 11) is -6.97. The van der Waals surface area contributed by atoms with Gasteiger partial charge < -0.3 is 30.0 Å². The molecule has 24 heteroatoms. The summed E-state index contributed by atoms with van der Waals surface area (Å²) in [5.41, 5.74) is 7.34. The Hall–Kier alpha value is -9.20. The maximum Gasteiger partial charge on any atom is 0.243 e. The summed E-state index contributed by atoms with van der Waals surface area (Å²) in [6.45, 7) is 2.96. The van der Waals surface area contributed by atoms with Crippen molar-refractivity contribution in [1.29, 1.82) is 0 Å². The van der Waals surface area contributed by atoms with E-state index in [4.69, 9.17) is 30.8 Å². The number of amides is 2. The van der Waals surface area contributed by atoms with Gasteiger partial charge in [-0.3, -0.25) is 19.4 Å². The number of benzene rings is 6. The molecular weight excluding hydrogens is 1390 g/mol. The van der Waals surface area contributed by atoms with Gasteiger partial charge in [0.25, 0.3) is 0 Å². The summed E-state index contributed by atoms with van der Waals surface area (Å²) in [4.78, 5) is 54.0. The van der Waals surface area contributed by atoms with E-state index in [0.717, 1.165) is 108 Å². The third kappa shape index (κ3) is 16.7. The monoisotopic (exact) mass is 1470 g/mol. The molecule has 3 N–H and O–H groups in total. The number of ketones is 1. The predicted octanol–water partition coefficient (Wildman–Crippen LogP) is 13.0. The molecule has 0 bridgehead atoms. The normalized spacial score (nSPS) is 16.6. The number of nitrogens with one attached hydrogen (secondary N) is 2. The fourth-order valence-electron chi connectivity index (χ4n) is 13.1. The van der Waals surface area contributed by atoms with Gasteiger partial charge in [0, 0.05) is 71.8 Å². The molecule has 20 nitrogen and oxygen atoms in total. The molecule has 0 unspecified atom stereocenters. The van der Waals surface area contributed by atoms with Crippen molar-refractivity contribution in [1.82, 2.24) is 23.6 Å². The minimum atomic E-state index is -3.67. The first kappa shape index (κ1) is 73.5. The Labute approximate surface area is 606 Å². The van der Waals surface area contributed by atoms with E-state index >= 15 is 0 Å². The molecule has 6 aromatic carbocycles. The lowest BCUT2D eigenvalue weighted by Crippen LogP contribution is -2.37. The van der Waals surface area contributed by atoms with Gasteiger partial charge in [0.1, 0.15) is 33.0 Å². The van der Waals surface area contributed by atoms with Gasteiger partial charge in [-0.05, 0) is 172 Å². The van der Waals surface area contributed by atoms with Crippen LogP contribution in [0.1, 0.15) is 99.1 Å². The number of methoxy groups -OCH3 is 1. The average Bonchev–Trinajstić information content (AvgIpc) is 1.61. The number of unbranched alkanes of at least 4 members (excludes halogenated alkanes) is 1. The quantitative estimate of drug-likeness (QED) is 0.0480. The lowest BCUT2D eigenvalue weighted by Gasteiger charge is -2.22. The number of carbonyl (C=O) groups excluding carboxylic acids is 3. The molecule has 3 saturated carbocycles. The molecule has 2 amide bonds. The largest absolute Gasteiger partial charge is 0.496 e. The van der Waals surface area contributed by atoms with Crippen molar-refractivity contribution in [3.05, 3.63) is 227 Å². The van der Waals surface area contributed by atoms with E-state index in [1.807, 2.05) is 122 Å². The van der Waals surface area contributed by atoms with Crippen molar-refractivity contribution in [2.24, 2.45) is 0 Å². The Kier molecular flexibility index (Phi) is 22.1. The molecule has 5 aliphatic rings. The number of sulfonamides is 2. The lowest BCUT2D eigenvalue weighted by molar-refractivity contribution is -0.121. The van der Waals surface area contributed by atoms with Crippen LogP contribution in [0, 0.1) is 0 Å². The van der Waals surface area contributed by atoms with Crippen LogP contribution in [0.5, 0.6) is 17.2 Å². The molecule has 2 aliphatic heterocycles. The Balaban J connectivity index is 0.000000146. The van der Waals surface area contributed by atoms with Gasteiger partial charge in [-0.1, -0.05) is 128 Å². The molecule has 9 aromatic rings. The number of aryl methyl sites for hydroxylation is 1. The van der Waals surface area contributed by atoms with Crippen LogP contribution in [0.4, 0.5) is 11.6 Å². The van der Waals surface area contributed by atoms with Crippen molar-refractivity contribution >= 4 is 70.7 Å². The number of Topliss-reactive ketones (excluding diaryl/α,β-unsaturated/α-hetero) is 1. The Morgan fingerprint density at radius 3 is 1.75 bits per heavy atom. The van der Waals surface area contributed by atoms with Crippen LogP contribution in [0.25, 0.3) is 33.8 Å². The van der Waals surface area contributed by atoms with Crippen LogP contribution in [0.2, 0.25) is 5.02 Å². The molecule has 0 spiro atoms. The molecule has 5 heterocycles. The third-order valence-corrected chi connectivity index (χ3v) is 24.7. The molecule has 0 radical (unpaired) electrons. The number of anilines is 2. The van der Waals surface area contributed by atoms with Gasteiger partial charge in [0.15, 0.2) is 11.5 Å². The van der Waals surface area contributed by atoms with Crippen LogP contribution in [0.3, 0.4) is 0 Å². The number of para-hydroxylation sites is 1. The highest BCUT2D eigenvalue weighted by Crippen LogP contribution is 2.53. The van der Waals surface area contributed by atoms with Crippen molar-refractivity contribution in [3.63, 3.8) is 0 Å². The number of pyridine rings is 3. The lowest BCUT2D eigenvalue weighted by atomic mass is 9.88. The SMILES string of the molecule is CCCCN(C)S(=O)(=O)c1ccc(-c2cccc(CC(=O)C3(c4ccc5c(c4)OCO5)CC3)n2)cc1.COc1ccccc1C1(C(=O)Nc2cccc(-c3ccc(CCS(C)(=O)=O)cc3)n2)CC1.O=C(Nc1cccc(-c2ccc(S(=O)(=O)N3CCC[C@@H]3CO)cc2)n1)C1(c2ccc(Cl)cc2)CC1. The highest BCUT2D eigenvalue weighted by molar-refractivity contribution is 7.90. The molecule has 3 aromatic heterocycles. The standard InChI is InChI=1S/C28H30N2O5S.C26H26ClN3O4S.C25H26N2O4S/c1-3-4-16-30(2)36(32,33)23-11-8-20(9-12-23)24-7-5-6-22(29-24)18-27(31)28(14-15-28)21-10-13-25-26(17-21)35-19-34-25;27-20-10-8-19(9-11-20)26(14-15-26)25(32)29-24-5-1-4-23(28-24)18-6-12-22(13-7-18)35(33,34)30-16-2-3-21(30)17-31;1-31-22-8-4-3-6-20(22)25(15-16-25)24(28)27-23-9-5-7-21(26-23)19-12-10-18(11-13-19)14-17-32(2,29)30/h5-13,17H,3-4,14-16,18-19H2,1-2H3;1,4-13,21,31H,2-3,14-17H2,(H,28,29,32);3-13H,14-17H2,1-2H3,(H,26,27,28)/t;21-;/m.1./s1. The molecular formula is C79H82ClN7O13S3. The molecule has 3 aliphatic carbocycles. The number of halogens is 1. The number of aliphatic hydroxyl groups excluding tert-OH is 1. The number of aromatic nitrogens is 3. The molecule has 4 fully saturated rings. The fourth-order valence-corrected chi connectivity index (χ4v) is 16.7. The molecule has 1 saturated heterocycles. The highest BCUT2D eigenvalue weighted by Gasteiger charge is 2.54. The van der Waals surface area contributed by atoms with Gasteiger partial charge >= 0.3 is 0 Å². The third-order valence-electron chi connectivity index (χ3n) is 19.7. The summed E-state index contributed by atoms with van der Waals surface area (Å²) < 4.78 is 93.5. The number of fused-ring (bicyclic) bond motifs is 1. The molecule has 536 valence electrons. The highest BCUT2D eigenvalue weighted by atomic mass is 35.5. The van der Waals surface area contributed by atoms with E-state index in [-0.39, 0.29) is 59.0 Å². The van der Waals surface area contributed by atoms with E-state index < -0.39 is 46.1 Å². The summed E-state index contributed by atoms with van der Waals surface area (Å²) in [6.07, 6.45) is 9.81. The van der Waals surface area contributed by atoms with E-state index in [0.29, 0.717) is 71.2 Å². The van der Waals surface area contributed by atoms with Gasteiger partial charge in [-0.2, -0.15) is 4.31 Å². The minimum absolute atomic E-state index is 0.0808. The average molecular weight is 1470 g/mol. The Bertz CT molecular complexity index is 4940. The summed E-state index contributed by atoms with van der Waals surface area (Å²) in [5, 5.41) is 16.1. The topological polar surface area (TPSA) is 271 Å². The zero-order valence-corrected chi connectivity index (χ0v) is 61.0. The zero-order chi connectivity index (χ0) is 72.7. The number of ether oxygens (including phenoxy) is 3. The second-order valence-corrected chi connectivity index (χ2v) is 33.4. The summed E-state index contributed by atoms with van der Waals surface area (Å²) >= 11 is 5.99. The van der Waals surface area contributed by atoms with E-state index in [1.54, 1.807) is 93.0 Å². The van der Waals surface area contributed by atoms with Gasteiger partial charge in [0.2, 0.25) is 38.7 Å². The minimum Gasteiger partial charge on any atom is -0.496 e. The van der Waals surface area contributed by atoms with Gasteiger partial charge in [-0.25, -0.2) is 39.5 Å². The van der Waals surface area contributed by atoms with E-state index in [9.17, 15) is 44.7 Å². The molecule has 103 heavy (non-hydrogen) atoms. The van der Waals surface area contributed by atoms with Crippen molar-refractivity contribution < 1.29 is 59.0 Å². The van der Waals surface area contributed by atoms with Gasteiger partial charge in [-0.15, -0.1) is 0 Å². The van der Waals surface area contributed by atoms with Crippen LogP contribution in [-0.4, -0.2) is 130 Å². The van der Waals surface area contributed by atoms with Crippen molar-refractivity contribution in [2.45, 2.75) is 116 Å². The zero-order valence-electron chi connectivity index (χ0n) is 57.8. The summed E-state index contributed by atoms with van der Waals surface area (Å²) in [6, 6.07) is 57.8. The van der Waals surface area contributed by atoms with Crippen molar-refractivity contribution in [2.75, 3.05) is 63.3 Å². The molecule has 14 rings (SSSR count). The number of sulfone groups is 1. The Morgan fingerprint density at radius 1 is 0.631 bits per heavy atom. The number of hydrogen-bond acceptors (Lipinski definition) is 16. The van der Waals surface area contributed by atoms with Crippen LogP contribution in [0.15, 0.2) is 204 Å². The summed E-state index contributed by atoms with van der Waals surface area (Å²) in [5.74, 6) is 3.14. The number of aliphatic hydroxyl groups is 1. The molecule has 1 atom stereocenters. The maximum atomic E-state index is 13.4. The Morgan fingerprint density at radius 2 is 1.17 bits per heavy atom. The number of carbonyl (C=O) groups is 3. The van der Waals surface area contributed by atoms with Crippen LogP contribution in [-0.2, 0) is 73.4 Å². The van der Waals surface area contributed by atoms with Gasteiger partial charge in [0.05, 0.1) is 62.6 Å². The van der Waals surface area contributed by atoms with Crippen molar-refractivity contribution in [3.8, 4) is 51.0 Å². The first-order valence-corrected chi connectivity index (χ1v) is 39.7. The van der Waals surface area contributed by atoms with E-state index in [2.05, 4.69) is 20.6 Å². The smallest absolute Gasteiger partial charge is 0.243 e. The second kappa shape index (κ2) is 31.0. The fraction of sp³-hybridized carbons (Fsp3) is 0.316. The first-order chi connectivity index (χ1) is 49.5. The maximum absolute atomic E-state index is 13.4. The van der Waals surface area contributed by atoms with Crippen LogP contribution < -0.4 is 24.8 Å². The van der Waals surface area contributed by atoms with Crippen LogP contribution >= 0.6 is 11.6 Å². The number of hydrogen-bond donors (Lipinski definition) is 3. The second-order valence-electron chi connectivity index (χ2n) is 26.8. The predicted molar refractivity (Wildman–Crippen MR) is 397 cm³/mol. The number of rotatable bonds is 25.